The summed E-state index contributed by atoms with van der Waals surface area (Å²) in [5, 5.41) is 18.0. The van der Waals surface area contributed by atoms with Crippen molar-refractivity contribution in [3.63, 3.8) is 0 Å². The first-order chi connectivity index (χ1) is 13.7. The van der Waals surface area contributed by atoms with Crippen LogP contribution < -0.4 is 15.6 Å². The summed E-state index contributed by atoms with van der Waals surface area (Å²) in [6, 6.07) is 9.59. The van der Waals surface area contributed by atoms with Crippen molar-refractivity contribution in [2.75, 3.05) is 24.3 Å². The van der Waals surface area contributed by atoms with Gasteiger partial charge >= 0.3 is 0 Å². The maximum Gasteiger partial charge on any atom is 0.293 e. The number of nitrogens with one attached hydrogen (secondary N) is 2. The van der Waals surface area contributed by atoms with E-state index in [1.807, 2.05) is 6.92 Å². The Morgan fingerprint density at radius 2 is 1.93 bits per heavy atom. The second-order valence-electron chi connectivity index (χ2n) is 6.38. The molecule has 0 heterocycles. The molecule has 9 nitrogen and oxygen atoms in total. The molecule has 0 aromatic heterocycles. The SMILES string of the molecule is Cc1ccc(NC(=O)CC(=O)NN=Cc2ccc(N(C)C)c([N+](=O)[O-])c2)cc1Cl. The van der Waals surface area contributed by atoms with E-state index >= 15 is 0 Å². The van der Waals surface area contributed by atoms with Crippen molar-refractivity contribution in [2.45, 2.75) is 13.3 Å². The van der Waals surface area contributed by atoms with Crippen LogP contribution in [0.15, 0.2) is 41.5 Å². The largest absolute Gasteiger partial charge is 0.372 e. The Morgan fingerprint density at radius 3 is 2.55 bits per heavy atom. The topological polar surface area (TPSA) is 117 Å². The number of amides is 2. The standard InChI is InChI=1S/C19H20ClN5O4/c1-12-4-6-14(9-15(12)20)22-18(26)10-19(27)23-21-11-13-5-7-16(24(2)3)17(8-13)25(28)29/h4-9,11H,10H2,1-3H3,(H,22,26)(H,23,27). The minimum absolute atomic E-state index is 0.0820. The van der Waals surface area contributed by atoms with E-state index in [0.717, 1.165) is 5.56 Å². The molecule has 0 saturated heterocycles. The van der Waals surface area contributed by atoms with Crippen molar-refractivity contribution in [1.29, 1.82) is 0 Å². The molecule has 2 N–H and O–H groups in total. The van der Waals surface area contributed by atoms with Gasteiger partial charge in [0.25, 0.3) is 5.69 Å². The molecular weight excluding hydrogens is 398 g/mol. The Labute approximate surface area is 172 Å². The predicted molar refractivity (Wildman–Crippen MR) is 113 cm³/mol. The molecule has 0 aliphatic rings. The summed E-state index contributed by atoms with van der Waals surface area (Å²) in [7, 11) is 3.40. The number of carbonyl (C=O) groups excluding carboxylic acids is 2. The third-order valence-electron chi connectivity index (χ3n) is 3.86. The van der Waals surface area contributed by atoms with Crippen LogP contribution in [-0.2, 0) is 9.59 Å². The van der Waals surface area contributed by atoms with E-state index in [1.54, 1.807) is 49.3 Å². The molecule has 2 rings (SSSR count). The number of nitrogens with zero attached hydrogens (tertiary/aromatic N) is 3. The number of hydrogen-bond acceptors (Lipinski definition) is 6. The maximum absolute atomic E-state index is 11.9. The van der Waals surface area contributed by atoms with Crippen molar-refractivity contribution in [1.82, 2.24) is 5.43 Å². The molecule has 0 radical (unpaired) electrons. The van der Waals surface area contributed by atoms with Crippen molar-refractivity contribution in [2.24, 2.45) is 5.10 Å². The Balaban J connectivity index is 1.93. The molecule has 0 unspecified atom stereocenters. The minimum Gasteiger partial charge on any atom is -0.372 e. The molecule has 0 fully saturated rings. The molecule has 29 heavy (non-hydrogen) atoms. The molecule has 0 atom stereocenters. The van der Waals surface area contributed by atoms with Gasteiger partial charge in [0.2, 0.25) is 11.8 Å². The van der Waals surface area contributed by atoms with Crippen LogP contribution in [0.5, 0.6) is 0 Å². The first-order valence-electron chi connectivity index (χ1n) is 8.51. The second kappa shape index (κ2) is 9.65. The minimum atomic E-state index is -0.628. The number of hydrazone groups is 1. The summed E-state index contributed by atoms with van der Waals surface area (Å²) in [4.78, 5) is 36.1. The Morgan fingerprint density at radius 1 is 1.21 bits per heavy atom. The van der Waals surface area contributed by atoms with E-state index in [-0.39, 0.29) is 5.69 Å². The highest BCUT2D eigenvalue weighted by atomic mass is 35.5. The van der Waals surface area contributed by atoms with Crippen LogP contribution in [0.3, 0.4) is 0 Å². The molecule has 152 valence electrons. The number of carbonyl (C=O) groups is 2. The van der Waals surface area contributed by atoms with E-state index in [0.29, 0.717) is 22.0 Å². The molecule has 2 aromatic rings. The van der Waals surface area contributed by atoms with E-state index in [1.165, 1.54) is 12.3 Å². The zero-order valence-corrected chi connectivity index (χ0v) is 16.9. The van der Waals surface area contributed by atoms with Crippen molar-refractivity contribution in [3.8, 4) is 0 Å². The first-order valence-corrected chi connectivity index (χ1v) is 8.89. The highest BCUT2D eigenvalue weighted by Gasteiger charge is 2.15. The normalized spacial score (nSPS) is 10.6. The van der Waals surface area contributed by atoms with Crippen molar-refractivity contribution >= 4 is 46.7 Å². The van der Waals surface area contributed by atoms with Gasteiger partial charge in [0.1, 0.15) is 12.1 Å². The molecule has 2 aromatic carbocycles. The lowest BCUT2D eigenvalue weighted by Gasteiger charge is -2.12. The van der Waals surface area contributed by atoms with Gasteiger partial charge in [-0.2, -0.15) is 5.10 Å². The molecular formula is C19H20ClN5O4. The Hall–Kier alpha value is -3.46. The van der Waals surface area contributed by atoms with Gasteiger partial charge in [-0.15, -0.1) is 0 Å². The summed E-state index contributed by atoms with van der Waals surface area (Å²) in [6.45, 7) is 1.84. The summed E-state index contributed by atoms with van der Waals surface area (Å²) in [5.41, 5.74) is 4.37. The Bertz CT molecular complexity index is 975. The lowest BCUT2D eigenvalue weighted by molar-refractivity contribution is -0.384. The fourth-order valence-corrected chi connectivity index (χ4v) is 2.57. The summed E-state index contributed by atoms with van der Waals surface area (Å²) in [5.74, 6) is -1.15. The van der Waals surface area contributed by atoms with Crippen LogP contribution in [0.2, 0.25) is 5.02 Å². The summed E-state index contributed by atoms with van der Waals surface area (Å²) < 4.78 is 0. The lowest BCUT2D eigenvalue weighted by atomic mass is 10.2. The quantitative estimate of drug-likeness (QED) is 0.310. The molecule has 2 amide bonds. The predicted octanol–water partition coefficient (Wildman–Crippen LogP) is 3.10. The van der Waals surface area contributed by atoms with Crippen LogP contribution in [0.1, 0.15) is 17.5 Å². The number of nitro groups is 1. The third kappa shape index (κ3) is 6.28. The Kier molecular flexibility index (Phi) is 7.27. The zero-order chi connectivity index (χ0) is 21.6. The van der Waals surface area contributed by atoms with Crippen LogP contribution in [0, 0.1) is 17.0 Å². The highest BCUT2D eigenvalue weighted by molar-refractivity contribution is 6.31. The van der Waals surface area contributed by atoms with Gasteiger partial charge in [-0.1, -0.05) is 23.7 Å². The average Bonchev–Trinajstić information content (AvgIpc) is 2.64. The van der Waals surface area contributed by atoms with Crippen LogP contribution >= 0.6 is 11.6 Å². The molecule has 0 aliphatic carbocycles. The van der Waals surface area contributed by atoms with Gasteiger partial charge in [0.15, 0.2) is 0 Å². The number of hydrogen-bond donors (Lipinski definition) is 2. The van der Waals surface area contributed by atoms with Crippen LogP contribution in [0.4, 0.5) is 17.1 Å². The number of halogens is 1. The first kappa shape index (κ1) is 21.8. The van der Waals surface area contributed by atoms with Gasteiger partial charge in [0, 0.05) is 36.4 Å². The molecule has 0 spiro atoms. The van der Waals surface area contributed by atoms with Crippen molar-refractivity contribution < 1.29 is 14.5 Å². The number of aryl methyl sites for hydroxylation is 1. The van der Waals surface area contributed by atoms with Gasteiger partial charge in [-0.3, -0.25) is 19.7 Å². The van der Waals surface area contributed by atoms with Crippen LogP contribution in [0.25, 0.3) is 0 Å². The lowest BCUT2D eigenvalue weighted by Crippen LogP contribution is -2.24. The molecule has 0 aliphatic heterocycles. The van der Waals surface area contributed by atoms with Crippen molar-refractivity contribution in [3.05, 3.63) is 62.7 Å². The van der Waals surface area contributed by atoms with E-state index in [9.17, 15) is 19.7 Å². The maximum atomic E-state index is 11.9. The number of rotatable bonds is 7. The zero-order valence-electron chi connectivity index (χ0n) is 16.1. The van der Waals surface area contributed by atoms with E-state index in [2.05, 4.69) is 15.8 Å². The second-order valence-corrected chi connectivity index (χ2v) is 6.79. The molecule has 0 bridgehead atoms. The third-order valence-corrected chi connectivity index (χ3v) is 4.26. The number of nitro benzene ring substituents is 1. The van der Waals surface area contributed by atoms with Gasteiger partial charge in [0.05, 0.1) is 11.1 Å². The molecule has 0 saturated carbocycles. The fraction of sp³-hybridized carbons (Fsp3) is 0.211. The molecule has 10 heteroatoms. The van der Waals surface area contributed by atoms with E-state index in [4.69, 9.17) is 11.6 Å². The summed E-state index contributed by atoms with van der Waals surface area (Å²) in [6.07, 6.45) is 0.824. The number of anilines is 2. The highest BCUT2D eigenvalue weighted by Crippen LogP contribution is 2.27. The van der Waals surface area contributed by atoms with Gasteiger partial charge < -0.3 is 10.2 Å². The van der Waals surface area contributed by atoms with Crippen LogP contribution in [-0.4, -0.2) is 37.0 Å². The smallest absolute Gasteiger partial charge is 0.293 e. The average molecular weight is 418 g/mol. The fourth-order valence-electron chi connectivity index (χ4n) is 2.39. The summed E-state index contributed by atoms with van der Waals surface area (Å²) >= 11 is 5.99. The van der Waals surface area contributed by atoms with E-state index < -0.39 is 23.2 Å². The number of benzene rings is 2. The van der Waals surface area contributed by atoms with Gasteiger partial charge in [-0.05, 0) is 30.7 Å². The monoisotopic (exact) mass is 417 g/mol. The van der Waals surface area contributed by atoms with Gasteiger partial charge in [-0.25, -0.2) is 5.43 Å².